The Morgan fingerprint density at radius 1 is 0.951 bits per heavy atom. The van der Waals surface area contributed by atoms with Crippen molar-refractivity contribution in [2.45, 2.75) is 58.2 Å². The van der Waals surface area contributed by atoms with Crippen LogP contribution in [0.4, 0.5) is 5.69 Å². The molecule has 0 aliphatic carbocycles. The first-order valence-electron chi connectivity index (χ1n) is 13.4. The van der Waals surface area contributed by atoms with Crippen molar-refractivity contribution in [2.24, 2.45) is 0 Å². The average Bonchev–Trinajstić information content (AvgIpc) is 2.88. The van der Waals surface area contributed by atoms with Gasteiger partial charge in [0.05, 0.1) is 11.9 Å². The SMILES string of the molecule is CC(C)(C)NC(=O)C(Cc1ccccc1)N(Cc1ccc(Br)cc1)C(=O)CCCN(c1cccc(Cl)c1)S(C)(=O)=O. The fourth-order valence-corrected chi connectivity index (χ4v) is 5.83. The summed E-state index contributed by atoms with van der Waals surface area (Å²) in [6.07, 6.45) is 1.77. The predicted molar refractivity (Wildman–Crippen MR) is 169 cm³/mol. The van der Waals surface area contributed by atoms with Crippen LogP contribution in [0.1, 0.15) is 44.7 Å². The van der Waals surface area contributed by atoms with Crippen LogP contribution < -0.4 is 9.62 Å². The van der Waals surface area contributed by atoms with Gasteiger partial charge in [-0.2, -0.15) is 0 Å². The van der Waals surface area contributed by atoms with Crippen LogP contribution in [0.15, 0.2) is 83.3 Å². The van der Waals surface area contributed by atoms with Gasteiger partial charge < -0.3 is 10.2 Å². The number of amides is 2. The van der Waals surface area contributed by atoms with Crippen LogP contribution >= 0.6 is 27.5 Å². The van der Waals surface area contributed by atoms with E-state index in [0.717, 1.165) is 21.9 Å². The molecule has 0 aromatic heterocycles. The Labute approximate surface area is 257 Å². The summed E-state index contributed by atoms with van der Waals surface area (Å²) in [6, 6.07) is 23.1. The van der Waals surface area contributed by atoms with E-state index >= 15 is 0 Å². The number of halogens is 2. The summed E-state index contributed by atoms with van der Waals surface area (Å²) >= 11 is 9.56. The molecule has 0 radical (unpaired) electrons. The van der Waals surface area contributed by atoms with Crippen LogP contribution in [-0.4, -0.2) is 49.5 Å². The summed E-state index contributed by atoms with van der Waals surface area (Å²) in [6.45, 7) is 6.03. The van der Waals surface area contributed by atoms with Crippen molar-refractivity contribution in [3.8, 4) is 0 Å². The van der Waals surface area contributed by atoms with Crippen LogP contribution in [0.25, 0.3) is 0 Å². The maximum Gasteiger partial charge on any atom is 0.243 e. The van der Waals surface area contributed by atoms with E-state index in [1.165, 1.54) is 4.31 Å². The third kappa shape index (κ3) is 10.5. The zero-order chi connectivity index (χ0) is 30.2. The number of hydrogen-bond donors (Lipinski definition) is 1. The summed E-state index contributed by atoms with van der Waals surface area (Å²) in [4.78, 5) is 29.2. The van der Waals surface area contributed by atoms with Gasteiger partial charge in [0.1, 0.15) is 6.04 Å². The Balaban J connectivity index is 1.90. The number of nitrogens with one attached hydrogen (secondary N) is 1. The molecule has 3 rings (SSSR count). The first-order valence-corrected chi connectivity index (χ1v) is 16.4. The van der Waals surface area contributed by atoms with Crippen LogP contribution in [0.5, 0.6) is 0 Å². The number of carbonyl (C=O) groups is 2. The first-order chi connectivity index (χ1) is 19.2. The molecule has 3 aromatic carbocycles. The van der Waals surface area contributed by atoms with Gasteiger partial charge in [0.2, 0.25) is 21.8 Å². The molecule has 0 bridgehead atoms. The zero-order valence-electron chi connectivity index (χ0n) is 23.8. The number of hydrogen-bond acceptors (Lipinski definition) is 4. The number of benzene rings is 3. The van der Waals surface area contributed by atoms with E-state index in [2.05, 4.69) is 21.2 Å². The van der Waals surface area contributed by atoms with Gasteiger partial charge in [-0.1, -0.05) is 76.1 Å². The Kier molecular flexibility index (Phi) is 11.4. The van der Waals surface area contributed by atoms with Crippen LogP contribution in [0, 0.1) is 0 Å². The molecule has 1 N–H and O–H groups in total. The first kappa shape index (κ1) is 32.6. The second kappa shape index (κ2) is 14.3. The van der Waals surface area contributed by atoms with Crippen molar-refractivity contribution < 1.29 is 18.0 Å². The van der Waals surface area contributed by atoms with E-state index in [4.69, 9.17) is 11.6 Å². The number of nitrogens with zero attached hydrogens (tertiary/aromatic N) is 2. The van der Waals surface area contributed by atoms with Gasteiger partial charge in [-0.25, -0.2) is 8.42 Å². The fraction of sp³-hybridized carbons (Fsp3) is 0.355. The number of rotatable bonds is 12. The lowest BCUT2D eigenvalue weighted by atomic mass is 10.00. The molecule has 220 valence electrons. The lowest BCUT2D eigenvalue weighted by molar-refractivity contribution is -0.142. The minimum absolute atomic E-state index is 0.0528. The number of sulfonamides is 1. The largest absolute Gasteiger partial charge is 0.350 e. The summed E-state index contributed by atoms with van der Waals surface area (Å²) in [7, 11) is -3.62. The lowest BCUT2D eigenvalue weighted by Crippen LogP contribution is -2.54. The molecular formula is C31H37BrClN3O4S. The molecule has 0 aliphatic rings. The van der Waals surface area contributed by atoms with Gasteiger partial charge in [-0.3, -0.25) is 13.9 Å². The minimum atomic E-state index is -3.62. The highest BCUT2D eigenvalue weighted by molar-refractivity contribution is 9.10. The molecule has 0 saturated carbocycles. The van der Waals surface area contributed by atoms with Crippen molar-refractivity contribution in [3.63, 3.8) is 0 Å². The zero-order valence-corrected chi connectivity index (χ0v) is 27.0. The van der Waals surface area contributed by atoms with Crippen molar-refractivity contribution in [3.05, 3.63) is 99.5 Å². The summed E-state index contributed by atoms with van der Waals surface area (Å²) in [5.41, 5.74) is 1.75. The third-order valence-corrected chi connectivity index (χ3v) is 8.24. The molecule has 0 heterocycles. The van der Waals surface area contributed by atoms with E-state index in [0.29, 0.717) is 17.1 Å². The fourth-order valence-electron chi connectivity index (χ4n) is 4.43. The molecule has 10 heteroatoms. The maximum absolute atomic E-state index is 13.9. The second-order valence-electron chi connectivity index (χ2n) is 11.0. The minimum Gasteiger partial charge on any atom is -0.350 e. The highest BCUT2D eigenvalue weighted by Gasteiger charge is 2.32. The average molecular weight is 663 g/mol. The van der Waals surface area contributed by atoms with E-state index in [1.54, 1.807) is 29.2 Å². The van der Waals surface area contributed by atoms with E-state index in [9.17, 15) is 18.0 Å². The quantitative estimate of drug-likeness (QED) is 0.250. The van der Waals surface area contributed by atoms with E-state index in [1.807, 2.05) is 75.4 Å². The topological polar surface area (TPSA) is 86.8 Å². The molecule has 0 spiro atoms. The molecule has 2 amide bonds. The molecule has 0 aliphatic heterocycles. The summed E-state index contributed by atoms with van der Waals surface area (Å²) < 4.78 is 27.3. The number of carbonyl (C=O) groups excluding carboxylic acids is 2. The Morgan fingerprint density at radius 3 is 2.20 bits per heavy atom. The normalized spacial score (nSPS) is 12.4. The predicted octanol–water partition coefficient (Wildman–Crippen LogP) is 6.20. The molecule has 41 heavy (non-hydrogen) atoms. The molecule has 7 nitrogen and oxygen atoms in total. The highest BCUT2D eigenvalue weighted by atomic mass is 79.9. The smallest absolute Gasteiger partial charge is 0.243 e. The number of anilines is 1. The molecule has 1 unspecified atom stereocenters. The second-order valence-corrected chi connectivity index (χ2v) is 14.3. The summed E-state index contributed by atoms with van der Waals surface area (Å²) in [5.74, 6) is -0.485. The standard InChI is InChI=1S/C31H37BrClN3O4S/c1-31(2,3)34-30(38)28(20-23-10-6-5-7-11-23)35(22-24-15-17-25(32)18-16-24)29(37)14-9-19-36(41(4,39)40)27-13-8-12-26(33)21-27/h5-8,10-13,15-18,21,28H,9,14,19-20,22H2,1-4H3,(H,34,38). The van der Waals surface area contributed by atoms with Gasteiger partial charge >= 0.3 is 0 Å². The van der Waals surface area contributed by atoms with Crippen LogP contribution in [-0.2, 0) is 32.6 Å². The maximum atomic E-state index is 13.9. The van der Waals surface area contributed by atoms with Crippen molar-refractivity contribution in [2.75, 3.05) is 17.1 Å². The van der Waals surface area contributed by atoms with Crippen LogP contribution in [0.3, 0.4) is 0 Å². The molecule has 0 saturated heterocycles. The van der Waals surface area contributed by atoms with Crippen molar-refractivity contribution in [1.82, 2.24) is 10.2 Å². The van der Waals surface area contributed by atoms with Gasteiger partial charge in [0.15, 0.2) is 0 Å². The monoisotopic (exact) mass is 661 g/mol. The molecule has 0 fully saturated rings. The van der Waals surface area contributed by atoms with Crippen molar-refractivity contribution >= 4 is 55.1 Å². The van der Waals surface area contributed by atoms with Gasteiger partial charge in [-0.15, -0.1) is 0 Å². The molecular weight excluding hydrogens is 626 g/mol. The third-order valence-electron chi connectivity index (χ3n) is 6.28. The van der Waals surface area contributed by atoms with E-state index in [-0.39, 0.29) is 37.7 Å². The van der Waals surface area contributed by atoms with Crippen LogP contribution in [0.2, 0.25) is 5.02 Å². The van der Waals surface area contributed by atoms with E-state index < -0.39 is 21.6 Å². The Hall–Kier alpha value is -2.88. The van der Waals surface area contributed by atoms with Gasteiger partial charge in [0.25, 0.3) is 0 Å². The lowest BCUT2D eigenvalue weighted by Gasteiger charge is -2.34. The highest BCUT2D eigenvalue weighted by Crippen LogP contribution is 2.23. The Morgan fingerprint density at radius 2 is 1.61 bits per heavy atom. The molecule has 3 aromatic rings. The van der Waals surface area contributed by atoms with Gasteiger partial charge in [0, 0.05) is 41.0 Å². The summed E-state index contributed by atoms with van der Waals surface area (Å²) in [5, 5.41) is 3.47. The molecule has 1 atom stereocenters. The van der Waals surface area contributed by atoms with Gasteiger partial charge in [-0.05, 0) is 68.7 Å². The Bertz CT molecular complexity index is 1430. The van der Waals surface area contributed by atoms with Crippen molar-refractivity contribution in [1.29, 1.82) is 0 Å².